The standard InChI is InChI=1S/C14H19F2N3O3S/c1-23(21,22)19-6-2-3-11(9-19)12-5-4-10(7-17-12)14(20)18-8-13(15)16/h4-5,7,11,13H,2-3,6,8-9H2,1H3,(H,18,20)/t11-/m1/s1. The lowest BCUT2D eigenvalue weighted by Gasteiger charge is -2.30. The summed E-state index contributed by atoms with van der Waals surface area (Å²) < 4.78 is 48.8. The van der Waals surface area contributed by atoms with Crippen molar-refractivity contribution in [3.05, 3.63) is 29.6 Å². The molecule has 0 unspecified atom stereocenters. The molecular weight excluding hydrogens is 328 g/mol. The van der Waals surface area contributed by atoms with Crippen LogP contribution < -0.4 is 5.32 Å². The smallest absolute Gasteiger partial charge is 0.255 e. The summed E-state index contributed by atoms with van der Waals surface area (Å²) in [4.78, 5) is 15.8. The van der Waals surface area contributed by atoms with Crippen LogP contribution in [-0.4, -0.2) is 55.9 Å². The molecule has 1 fully saturated rings. The summed E-state index contributed by atoms with van der Waals surface area (Å²) in [6, 6.07) is 3.16. The summed E-state index contributed by atoms with van der Waals surface area (Å²) in [5.74, 6) is -0.637. The van der Waals surface area contributed by atoms with Gasteiger partial charge in [0.2, 0.25) is 10.0 Å². The van der Waals surface area contributed by atoms with E-state index in [1.807, 2.05) is 0 Å². The number of nitrogens with one attached hydrogen (secondary N) is 1. The van der Waals surface area contributed by atoms with Gasteiger partial charge in [-0.25, -0.2) is 21.5 Å². The number of piperidine rings is 1. The van der Waals surface area contributed by atoms with E-state index in [-0.39, 0.29) is 11.5 Å². The van der Waals surface area contributed by atoms with Gasteiger partial charge in [-0.05, 0) is 25.0 Å². The molecule has 1 aromatic heterocycles. The number of rotatable bonds is 5. The van der Waals surface area contributed by atoms with Crippen molar-refractivity contribution in [2.75, 3.05) is 25.9 Å². The van der Waals surface area contributed by atoms with Crippen molar-refractivity contribution in [3.8, 4) is 0 Å². The summed E-state index contributed by atoms with van der Waals surface area (Å²) >= 11 is 0. The van der Waals surface area contributed by atoms with Gasteiger partial charge in [-0.3, -0.25) is 9.78 Å². The molecule has 0 aromatic carbocycles. The van der Waals surface area contributed by atoms with Gasteiger partial charge in [0.25, 0.3) is 12.3 Å². The number of sulfonamides is 1. The van der Waals surface area contributed by atoms with Crippen LogP contribution in [0.3, 0.4) is 0 Å². The Balaban J connectivity index is 2.03. The fourth-order valence-electron chi connectivity index (χ4n) is 2.54. The van der Waals surface area contributed by atoms with Crippen molar-refractivity contribution < 1.29 is 22.0 Å². The zero-order chi connectivity index (χ0) is 17.0. The summed E-state index contributed by atoms with van der Waals surface area (Å²) in [5.41, 5.74) is 0.897. The number of aromatic nitrogens is 1. The molecule has 1 N–H and O–H groups in total. The summed E-state index contributed by atoms with van der Waals surface area (Å²) in [7, 11) is -3.23. The number of halogens is 2. The van der Waals surface area contributed by atoms with E-state index in [1.165, 1.54) is 22.8 Å². The van der Waals surface area contributed by atoms with E-state index in [2.05, 4.69) is 10.3 Å². The highest BCUT2D eigenvalue weighted by atomic mass is 32.2. The zero-order valence-corrected chi connectivity index (χ0v) is 13.5. The molecule has 1 aliphatic heterocycles. The SMILES string of the molecule is CS(=O)(=O)N1CCC[C@@H](c2ccc(C(=O)NCC(F)F)cn2)C1. The molecule has 128 valence electrons. The van der Waals surface area contributed by atoms with Gasteiger partial charge in [-0.1, -0.05) is 0 Å². The van der Waals surface area contributed by atoms with Gasteiger partial charge in [0.1, 0.15) is 0 Å². The second-order valence-corrected chi connectivity index (χ2v) is 7.52. The highest BCUT2D eigenvalue weighted by Crippen LogP contribution is 2.26. The first kappa shape index (κ1) is 17.7. The normalized spacial score (nSPS) is 19.7. The molecule has 2 heterocycles. The Kier molecular flexibility index (Phi) is 5.64. The number of hydrogen-bond donors (Lipinski definition) is 1. The molecule has 9 heteroatoms. The number of alkyl halides is 2. The Labute approximate surface area is 133 Å². The monoisotopic (exact) mass is 347 g/mol. The van der Waals surface area contributed by atoms with E-state index >= 15 is 0 Å². The summed E-state index contributed by atoms with van der Waals surface area (Å²) in [6.07, 6.45) is 1.47. The quantitative estimate of drug-likeness (QED) is 0.868. The first-order valence-corrected chi connectivity index (χ1v) is 9.09. The van der Waals surface area contributed by atoms with Gasteiger partial charge < -0.3 is 5.32 Å². The number of carbonyl (C=O) groups is 1. The van der Waals surface area contributed by atoms with Gasteiger partial charge in [0.15, 0.2) is 0 Å². The van der Waals surface area contributed by atoms with E-state index in [1.54, 1.807) is 6.07 Å². The highest BCUT2D eigenvalue weighted by Gasteiger charge is 2.27. The second-order valence-electron chi connectivity index (χ2n) is 5.53. The molecule has 0 spiro atoms. The maximum atomic E-state index is 12.1. The Morgan fingerprint density at radius 2 is 2.22 bits per heavy atom. The minimum atomic E-state index is -3.23. The van der Waals surface area contributed by atoms with E-state index in [0.717, 1.165) is 12.8 Å². The molecule has 1 aliphatic rings. The van der Waals surface area contributed by atoms with Crippen LogP contribution in [0.1, 0.15) is 34.8 Å². The average molecular weight is 347 g/mol. The van der Waals surface area contributed by atoms with Gasteiger partial charge >= 0.3 is 0 Å². The van der Waals surface area contributed by atoms with Crippen molar-refractivity contribution in [2.45, 2.75) is 25.2 Å². The van der Waals surface area contributed by atoms with Gasteiger partial charge in [0, 0.05) is 30.9 Å². The molecule has 0 aliphatic carbocycles. The van der Waals surface area contributed by atoms with Crippen molar-refractivity contribution in [1.29, 1.82) is 0 Å². The molecule has 0 saturated carbocycles. The van der Waals surface area contributed by atoms with E-state index in [9.17, 15) is 22.0 Å². The first-order chi connectivity index (χ1) is 10.8. The molecule has 23 heavy (non-hydrogen) atoms. The third-order valence-electron chi connectivity index (χ3n) is 3.74. The minimum Gasteiger partial charge on any atom is -0.346 e. The average Bonchev–Trinajstić information content (AvgIpc) is 2.52. The van der Waals surface area contributed by atoms with Gasteiger partial charge in [-0.15, -0.1) is 0 Å². The first-order valence-electron chi connectivity index (χ1n) is 7.25. The van der Waals surface area contributed by atoms with Gasteiger partial charge in [0.05, 0.1) is 18.4 Å². The Morgan fingerprint density at radius 1 is 1.48 bits per heavy atom. The number of carbonyl (C=O) groups excluding carboxylic acids is 1. The van der Waals surface area contributed by atoms with E-state index in [4.69, 9.17) is 0 Å². The van der Waals surface area contributed by atoms with Crippen molar-refractivity contribution >= 4 is 15.9 Å². The van der Waals surface area contributed by atoms with Crippen LogP contribution in [-0.2, 0) is 10.0 Å². The molecular formula is C14H19F2N3O3S. The lowest BCUT2D eigenvalue weighted by molar-refractivity contribution is 0.0891. The van der Waals surface area contributed by atoms with Crippen LogP contribution in [0.25, 0.3) is 0 Å². The van der Waals surface area contributed by atoms with Gasteiger partial charge in [-0.2, -0.15) is 0 Å². The van der Waals surface area contributed by atoms with Crippen LogP contribution in [0, 0.1) is 0 Å². The number of hydrogen-bond acceptors (Lipinski definition) is 4. The maximum absolute atomic E-state index is 12.1. The highest BCUT2D eigenvalue weighted by molar-refractivity contribution is 7.88. The molecule has 1 atom stereocenters. The Hall–Kier alpha value is -1.61. The molecule has 6 nitrogen and oxygen atoms in total. The van der Waals surface area contributed by atoms with Crippen LogP contribution >= 0.6 is 0 Å². The number of pyridine rings is 1. The fraction of sp³-hybridized carbons (Fsp3) is 0.571. The lowest BCUT2D eigenvalue weighted by atomic mass is 9.95. The largest absolute Gasteiger partial charge is 0.346 e. The lowest BCUT2D eigenvalue weighted by Crippen LogP contribution is -2.38. The predicted molar refractivity (Wildman–Crippen MR) is 81.0 cm³/mol. The van der Waals surface area contributed by atoms with E-state index in [0.29, 0.717) is 18.8 Å². The second kappa shape index (κ2) is 7.31. The van der Waals surface area contributed by atoms with Crippen LogP contribution in [0.2, 0.25) is 0 Å². The van der Waals surface area contributed by atoms with Crippen molar-refractivity contribution in [2.24, 2.45) is 0 Å². The van der Waals surface area contributed by atoms with E-state index < -0.39 is 28.9 Å². The topological polar surface area (TPSA) is 79.4 Å². The third kappa shape index (κ3) is 4.93. The molecule has 1 amide bonds. The van der Waals surface area contributed by atoms with Crippen LogP contribution in [0.5, 0.6) is 0 Å². The Bertz CT molecular complexity index is 650. The van der Waals surface area contributed by atoms with Crippen molar-refractivity contribution in [3.63, 3.8) is 0 Å². The van der Waals surface area contributed by atoms with Crippen LogP contribution in [0.15, 0.2) is 18.3 Å². The zero-order valence-electron chi connectivity index (χ0n) is 12.7. The third-order valence-corrected chi connectivity index (χ3v) is 5.01. The summed E-state index contributed by atoms with van der Waals surface area (Å²) in [5, 5.41) is 2.11. The molecule has 1 saturated heterocycles. The molecule has 0 radical (unpaired) electrons. The van der Waals surface area contributed by atoms with Crippen LogP contribution in [0.4, 0.5) is 8.78 Å². The van der Waals surface area contributed by atoms with Crippen molar-refractivity contribution in [1.82, 2.24) is 14.6 Å². The molecule has 1 aromatic rings. The minimum absolute atomic E-state index is 0.0309. The maximum Gasteiger partial charge on any atom is 0.255 e. The fourth-order valence-corrected chi connectivity index (χ4v) is 3.45. The number of nitrogens with zero attached hydrogens (tertiary/aromatic N) is 2. The molecule has 0 bridgehead atoms. The Morgan fingerprint density at radius 3 is 2.78 bits per heavy atom. The number of amides is 1. The predicted octanol–water partition coefficient (Wildman–Crippen LogP) is 1.22. The summed E-state index contributed by atoms with van der Waals surface area (Å²) in [6.45, 7) is 0.165. The molecule has 2 rings (SSSR count).